The maximum absolute atomic E-state index is 11.6. The van der Waals surface area contributed by atoms with Crippen molar-refractivity contribution < 1.29 is 38.6 Å². The van der Waals surface area contributed by atoms with Gasteiger partial charge in [0, 0.05) is 37.8 Å². The first-order valence-electron chi connectivity index (χ1n) is 16.5. The lowest BCUT2D eigenvalue weighted by Crippen LogP contribution is -2.04. The smallest absolute Gasteiger partial charge is 0.373 e. The molecule has 60 heavy (non-hydrogen) atoms. The molecule has 21 heteroatoms. The number of nitrogens with one attached hydrogen (secondary N) is 2. The van der Waals surface area contributed by atoms with Crippen LogP contribution < -0.4 is 23.2 Å². The fourth-order valence-electron chi connectivity index (χ4n) is 3.92. The molecule has 0 aliphatic carbocycles. The molecule has 0 aliphatic rings. The van der Waals surface area contributed by atoms with E-state index in [2.05, 4.69) is 38.1 Å². The summed E-state index contributed by atoms with van der Waals surface area (Å²) < 4.78 is 5.93. The normalized spacial score (nSPS) is 9.03. The van der Waals surface area contributed by atoms with Crippen LogP contribution in [0.1, 0.15) is 27.6 Å². The van der Waals surface area contributed by atoms with Crippen molar-refractivity contribution in [3.8, 4) is 6.07 Å². The summed E-state index contributed by atoms with van der Waals surface area (Å²) in [5.74, 6) is 7.74. The summed E-state index contributed by atoms with van der Waals surface area (Å²) in [6, 6.07) is 39.5. The first-order chi connectivity index (χ1) is 29.0. The highest BCUT2D eigenvalue weighted by molar-refractivity contribution is 8.22. The standard InChI is InChI=1S/C15H11NS2.C12H13N3O2S.C10H9N3O2S.2CO2.H4N2/c16-12-11-15(17-13-7-3-1-4-8-13)18-14-9-5-2-6-10-14;1-2-17-12(16)8-4-3-5-9(6-8)18-11-7-10(13)14-15-11;11-8-5-9(13-12-8)16-7-3-1-2-6(4-7)10(14)15;2*2-1-3;1-2/h1-11H;3-7H,2H2,1H3,(H3,13,14,15);1-5H,(H,14,15)(H3,11,12,13);;;1-2H2. The van der Waals surface area contributed by atoms with Gasteiger partial charge in [-0.3, -0.25) is 21.9 Å². The molecule has 0 saturated carbocycles. The fourth-order valence-corrected chi connectivity index (χ4v) is 7.64. The van der Waals surface area contributed by atoms with E-state index < -0.39 is 5.97 Å². The van der Waals surface area contributed by atoms with Crippen LogP contribution in [0.4, 0.5) is 11.6 Å². The van der Waals surface area contributed by atoms with E-state index in [9.17, 15) is 9.59 Å². The Morgan fingerprint density at radius 2 is 1.08 bits per heavy atom. The summed E-state index contributed by atoms with van der Waals surface area (Å²) in [5.41, 5.74) is 11.8. The van der Waals surface area contributed by atoms with Crippen LogP contribution in [0.3, 0.4) is 0 Å². The van der Waals surface area contributed by atoms with E-state index in [0.717, 1.165) is 28.8 Å². The number of aromatic nitrogens is 4. The van der Waals surface area contributed by atoms with Crippen LogP contribution in [0.5, 0.6) is 0 Å². The largest absolute Gasteiger partial charge is 0.478 e. The number of hydrogen-bond acceptors (Lipinski definition) is 18. The fraction of sp³-hybridized carbons (Fsp3) is 0.0513. The Balaban J connectivity index is 0.000000414. The Kier molecular flexibility index (Phi) is 26.6. The number of ether oxygens (including phenoxy) is 1. The second-order valence-electron chi connectivity index (χ2n) is 10.2. The van der Waals surface area contributed by atoms with Gasteiger partial charge in [0.25, 0.3) is 0 Å². The number of hydrazine groups is 1. The van der Waals surface area contributed by atoms with Gasteiger partial charge in [-0.1, -0.05) is 95.6 Å². The van der Waals surface area contributed by atoms with Gasteiger partial charge in [-0.05, 0) is 67.6 Å². The van der Waals surface area contributed by atoms with Gasteiger partial charge in [0.05, 0.1) is 28.0 Å². The molecule has 0 atom stereocenters. The number of carbonyl (C=O) groups is 2. The first-order valence-corrected chi connectivity index (χ1v) is 19.8. The molecule has 11 N–H and O–H groups in total. The molecule has 310 valence electrons. The lowest BCUT2D eigenvalue weighted by Gasteiger charge is -2.05. The van der Waals surface area contributed by atoms with Crippen LogP contribution in [0.25, 0.3) is 0 Å². The summed E-state index contributed by atoms with van der Waals surface area (Å²) in [6.45, 7) is 2.15. The lowest BCUT2D eigenvalue weighted by molar-refractivity contribution is -0.193. The third kappa shape index (κ3) is 21.6. The first kappa shape index (κ1) is 51.2. The van der Waals surface area contributed by atoms with Crippen LogP contribution in [0, 0.1) is 11.3 Å². The molecule has 2 heterocycles. The zero-order chi connectivity index (χ0) is 44.5. The molecule has 0 radical (unpaired) electrons. The number of esters is 1. The number of carbonyl (C=O) groups excluding carboxylic acids is 5. The number of aromatic carboxylic acids is 1. The summed E-state index contributed by atoms with van der Waals surface area (Å²) in [6.07, 6.45) is 2.09. The quantitative estimate of drug-likeness (QED) is 0.0232. The van der Waals surface area contributed by atoms with E-state index in [-0.39, 0.29) is 23.8 Å². The van der Waals surface area contributed by atoms with Crippen LogP contribution in [0.15, 0.2) is 161 Å². The molecule has 17 nitrogen and oxygen atoms in total. The number of thioether (sulfide) groups is 2. The van der Waals surface area contributed by atoms with Gasteiger partial charge in [-0.15, -0.1) is 0 Å². The number of H-pyrrole nitrogens is 2. The van der Waals surface area contributed by atoms with Crippen molar-refractivity contribution in [1.82, 2.24) is 20.4 Å². The molecule has 0 unspecified atom stereocenters. The van der Waals surface area contributed by atoms with Crippen LogP contribution >= 0.6 is 47.0 Å². The number of nitrogens with two attached hydrogens (primary N) is 4. The summed E-state index contributed by atoms with van der Waals surface area (Å²) in [7, 11) is 0. The molecular weight excluding hydrogens is 851 g/mol. The molecule has 6 rings (SSSR count). The minimum atomic E-state index is -0.941. The van der Waals surface area contributed by atoms with Gasteiger partial charge in [0.2, 0.25) is 0 Å². The van der Waals surface area contributed by atoms with E-state index in [4.69, 9.17) is 45.8 Å². The molecule has 0 bridgehead atoms. The van der Waals surface area contributed by atoms with Gasteiger partial charge in [-0.2, -0.15) is 34.6 Å². The highest BCUT2D eigenvalue weighted by atomic mass is 32.2. The van der Waals surface area contributed by atoms with Crippen molar-refractivity contribution in [1.29, 1.82) is 5.26 Å². The third-order valence-electron chi connectivity index (χ3n) is 6.13. The van der Waals surface area contributed by atoms with Gasteiger partial charge >= 0.3 is 24.2 Å². The number of hydrogen-bond donors (Lipinski definition) is 7. The monoisotopic (exact) mass is 887 g/mol. The third-order valence-corrected chi connectivity index (χ3v) is 10.1. The highest BCUT2D eigenvalue weighted by Crippen LogP contribution is 2.38. The zero-order valence-electron chi connectivity index (χ0n) is 31.4. The van der Waals surface area contributed by atoms with Crippen molar-refractivity contribution in [3.63, 3.8) is 0 Å². The van der Waals surface area contributed by atoms with Gasteiger partial charge in [0.1, 0.15) is 21.7 Å². The predicted octanol–water partition coefficient (Wildman–Crippen LogP) is 6.75. The summed E-state index contributed by atoms with van der Waals surface area (Å²) in [5, 5.41) is 32.4. The number of anilines is 2. The molecule has 0 fully saturated rings. The average molecular weight is 888 g/mol. The van der Waals surface area contributed by atoms with E-state index in [0.29, 0.717) is 28.8 Å². The van der Waals surface area contributed by atoms with Crippen LogP contribution in [-0.4, -0.2) is 56.3 Å². The molecular formula is C39H37N9O8S4. The Hall–Kier alpha value is -6.85. The van der Waals surface area contributed by atoms with E-state index in [1.54, 1.807) is 79.0 Å². The van der Waals surface area contributed by atoms with Gasteiger partial charge in [-0.25, -0.2) is 9.59 Å². The molecule has 4 aromatic carbocycles. The molecule has 0 spiro atoms. The molecule has 0 aliphatic heterocycles. The van der Waals surface area contributed by atoms with Crippen molar-refractivity contribution in [2.24, 2.45) is 11.7 Å². The number of carboxylic acids is 1. The Morgan fingerprint density at radius 3 is 1.45 bits per heavy atom. The second kappa shape index (κ2) is 31.2. The second-order valence-corrected chi connectivity index (χ2v) is 14.9. The number of rotatable bonds is 11. The number of allylic oxidation sites excluding steroid dienone is 1. The molecule has 2 aromatic heterocycles. The number of benzene rings is 4. The van der Waals surface area contributed by atoms with Crippen LogP contribution in [0.2, 0.25) is 0 Å². The van der Waals surface area contributed by atoms with Crippen molar-refractivity contribution >= 4 is 82.9 Å². The minimum Gasteiger partial charge on any atom is -0.478 e. The topological polar surface area (TPSA) is 317 Å². The average Bonchev–Trinajstić information content (AvgIpc) is 3.86. The molecule has 0 saturated heterocycles. The van der Waals surface area contributed by atoms with E-state index >= 15 is 0 Å². The Bertz CT molecular complexity index is 2270. The van der Waals surface area contributed by atoms with Crippen molar-refractivity contribution in [2.75, 3.05) is 18.1 Å². The maximum atomic E-state index is 11.6. The Morgan fingerprint density at radius 1 is 0.683 bits per heavy atom. The molecule has 0 amide bonds. The minimum absolute atomic E-state index is 0.250. The predicted molar refractivity (Wildman–Crippen MR) is 227 cm³/mol. The highest BCUT2D eigenvalue weighted by Gasteiger charge is 2.09. The number of nitriles is 1. The SMILES string of the molecule is CCOC(=O)c1cccc(Sc2cc(N)[nH]n2)c1.N#CC=C(Sc1ccccc1)Sc1ccccc1.NN.Nc1cc(Sc2cccc(C(=O)O)c2)n[nH]1.O=C=O.O=C=O. The van der Waals surface area contributed by atoms with E-state index in [1.807, 2.05) is 78.9 Å². The van der Waals surface area contributed by atoms with Gasteiger partial charge in [0.15, 0.2) is 0 Å². The number of nitrogens with zero attached hydrogens (tertiary/aromatic N) is 3. The number of carboxylic acid groups (broad SMARTS) is 1. The molecule has 6 aromatic rings. The number of aromatic amines is 2. The number of nitrogen functional groups attached to an aromatic ring is 2. The summed E-state index contributed by atoms with van der Waals surface area (Å²) >= 11 is 6.00. The lowest BCUT2D eigenvalue weighted by atomic mass is 10.2. The van der Waals surface area contributed by atoms with Crippen molar-refractivity contribution in [3.05, 3.63) is 143 Å². The zero-order valence-corrected chi connectivity index (χ0v) is 34.7. The Labute approximate surface area is 360 Å². The van der Waals surface area contributed by atoms with Crippen LogP contribution in [-0.2, 0) is 23.9 Å². The van der Waals surface area contributed by atoms with Gasteiger partial charge < -0.3 is 21.3 Å². The van der Waals surface area contributed by atoms with Crippen molar-refractivity contribution in [2.45, 2.75) is 36.6 Å². The summed E-state index contributed by atoms with van der Waals surface area (Å²) in [4.78, 5) is 58.8. The maximum Gasteiger partial charge on any atom is 0.373 e. The van der Waals surface area contributed by atoms with E-state index in [1.165, 1.54) is 23.5 Å².